The molecule has 11 heteroatoms. The van der Waals surface area contributed by atoms with Crippen LogP contribution >= 0.6 is 0 Å². The first-order valence-electron chi connectivity index (χ1n) is 4.62. The maximum Gasteiger partial charge on any atom is 0.510 e. The maximum atomic E-state index is 11.2. The van der Waals surface area contributed by atoms with Crippen LogP contribution in [0.2, 0.25) is 0 Å². The van der Waals surface area contributed by atoms with Gasteiger partial charge in [-0.1, -0.05) is 29.8 Å². The number of aldehydes is 1. The molecule has 1 aromatic carbocycles. The number of benzene rings is 1. The molecule has 0 atom stereocenters. The zero-order valence-corrected chi connectivity index (χ0v) is 11.4. The molecule has 0 N–H and O–H groups in total. The monoisotopic (exact) mass is 333 g/mol. The Kier molecular flexibility index (Phi) is 5.86. The van der Waals surface area contributed by atoms with Gasteiger partial charge in [-0.15, -0.1) is 0 Å². The molecule has 0 aliphatic heterocycles. The molecule has 0 fully saturated rings. The van der Waals surface area contributed by atoms with E-state index in [1.807, 2.05) is 31.2 Å². The summed E-state index contributed by atoms with van der Waals surface area (Å²) in [6.07, 6.45) is 0.847. The van der Waals surface area contributed by atoms with Crippen LogP contribution in [0, 0.1) is 6.92 Å². The Morgan fingerprint density at radius 2 is 1.45 bits per heavy atom. The third-order valence-corrected chi connectivity index (χ3v) is 5.05. The third kappa shape index (κ3) is 4.90. The summed E-state index contributed by atoms with van der Waals surface area (Å²) < 4.78 is 81.1. The number of carbonyl (C=O) groups excluding carboxylic acids is 1. The van der Waals surface area contributed by atoms with E-state index in [1.165, 1.54) is 5.56 Å². The smallest absolute Gasteiger partial charge is 0.510 e. The molecular formula is C9H8F3O6S2-. The Balaban J connectivity index is 0.000000367. The molecule has 0 bridgehead atoms. The summed E-state index contributed by atoms with van der Waals surface area (Å²) in [4.78, 5) is 10.1. The summed E-state index contributed by atoms with van der Waals surface area (Å²) in [7, 11) is -13.0. The highest BCUT2D eigenvalue weighted by atomic mass is 33.2. The van der Waals surface area contributed by atoms with Crippen LogP contribution in [0.1, 0.15) is 15.9 Å². The minimum Gasteiger partial charge on any atom is -0.735 e. The molecule has 0 saturated heterocycles. The molecule has 6 nitrogen and oxygen atoms in total. The van der Waals surface area contributed by atoms with Crippen LogP contribution in [-0.4, -0.2) is 33.2 Å². The quantitative estimate of drug-likeness (QED) is 0.457. The lowest BCUT2D eigenvalue weighted by Gasteiger charge is -2.09. The Bertz CT molecular complexity index is 659. The fourth-order valence-electron chi connectivity index (χ4n) is 0.761. The van der Waals surface area contributed by atoms with Crippen molar-refractivity contribution in [1.82, 2.24) is 0 Å². The second kappa shape index (κ2) is 6.33. The lowest BCUT2D eigenvalue weighted by molar-refractivity contribution is -0.0414. The minimum atomic E-state index is -6.60. The molecule has 20 heavy (non-hydrogen) atoms. The summed E-state index contributed by atoms with van der Waals surface area (Å²) in [6.45, 7) is 1.99. The molecule has 0 aliphatic rings. The van der Waals surface area contributed by atoms with Crippen molar-refractivity contribution in [2.45, 2.75) is 12.4 Å². The summed E-state index contributed by atoms with van der Waals surface area (Å²) in [5.41, 5.74) is -4.13. The third-order valence-electron chi connectivity index (χ3n) is 1.77. The number of alkyl halides is 3. The van der Waals surface area contributed by atoms with Crippen molar-refractivity contribution in [3.05, 3.63) is 35.4 Å². The number of hydrogen-bond acceptors (Lipinski definition) is 6. The van der Waals surface area contributed by atoms with E-state index < -0.39 is 23.5 Å². The predicted molar refractivity (Wildman–Crippen MR) is 61.2 cm³/mol. The molecule has 1 rings (SSSR count). The fourth-order valence-corrected chi connectivity index (χ4v) is 1.69. The Labute approximate surface area is 112 Å². The van der Waals surface area contributed by atoms with E-state index in [-0.39, 0.29) is 0 Å². The lowest BCUT2D eigenvalue weighted by atomic mass is 10.2. The minimum absolute atomic E-state index is 0.737. The maximum absolute atomic E-state index is 11.2. The average Bonchev–Trinajstić information content (AvgIpc) is 2.28. The number of carbonyl (C=O) groups is 1. The molecule has 0 aromatic heterocycles. The highest BCUT2D eigenvalue weighted by molar-refractivity contribution is 8.65. The molecule has 0 spiro atoms. The molecule has 114 valence electrons. The standard InChI is InChI=1S/C8H8O.CHF3O5S2/c1-7-2-4-8(6-9)5-3-7;2-1(3,4)10(5,6)11(7,8)9/h2-6H,1H3;(H,7,8,9)/p-1. The average molecular weight is 333 g/mol. The molecule has 0 unspecified atom stereocenters. The van der Waals surface area contributed by atoms with Crippen molar-refractivity contribution in [3.63, 3.8) is 0 Å². The molecular weight excluding hydrogens is 325 g/mol. The first kappa shape index (κ1) is 18.5. The van der Waals surface area contributed by atoms with E-state index in [9.17, 15) is 39.4 Å². The topological polar surface area (TPSA) is 108 Å². The molecule has 0 heterocycles. The fraction of sp³-hybridized carbons (Fsp3) is 0.222. The van der Waals surface area contributed by atoms with E-state index >= 15 is 0 Å². The van der Waals surface area contributed by atoms with E-state index in [0.717, 1.165) is 11.8 Å². The number of aryl methyl sites for hydroxylation is 1. The van der Waals surface area contributed by atoms with Gasteiger partial charge in [0.05, 0.1) is 0 Å². The Hall–Kier alpha value is -1.46. The second-order valence-electron chi connectivity index (χ2n) is 3.34. The summed E-state index contributed by atoms with van der Waals surface area (Å²) >= 11 is 0. The largest absolute Gasteiger partial charge is 0.735 e. The van der Waals surface area contributed by atoms with E-state index in [0.29, 0.717) is 0 Å². The van der Waals surface area contributed by atoms with Crippen molar-refractivity contribution in [1.29, 1.82) is 0 Å². The van der Waals surface area contributed by atoms with E-state index in [4.69, 9.17) is 0 Å². The van der Waals surface area contributed by atoms with Crippen molar-refractivity contribution in [2.24, 2.45) is 0 Å². The van der Waals surface area contributed by atoms with Crippen molar-refractivity contribution >= 4 is 24.3 Å². The van der Waals surface area contributed by atoms with Crippen LogP contribution < -0.4 is 0 Å². The van der Waals surface area contributed by atoms with E-state index in [2.05, 4.69) is 0 Å². The van der Waals surface area contributed by atoms with Gasteiger partial charge in [0, 0.05) is 5.56 Å². The highest BCUT2D eigenvalue weighted by Crippen LogP contribution is 2.26. The van der Waals surface area contributed by atoms with Crippen LogP contribution in [0.25, 0.3) is 0 Å². The first-order valence-corrected chi connectivity index (χ1v) is 8.03. The Morgan fingerprint density at radius 3 is 1.65 bits per heavy atom. The van der Waals surface area contributed by atoms with Gasteiger partial charge in [-0.25, -0.2) is 16.8 Å². The summed E-state index contributed by atoms with van der Waals surface area (Å²) in [5, 5.41) is 0. The van der Waals surface area contributed by atoms with Crippen molar-refractivity contribution in [2.75, 3.05) is 0 Å². The van der Waals surface area contributed by atoms with Crippen LogP contribution in [-0.2, 0) is 18.0 Å². The molecule has 0 saturated carbocycles. The molecule has 0 radical (unpaired) electrons. The van der Waals surface area contributed by atoms with Crippen LogP contribution in [0.4, 0.5) is 13.2 Å². The highest BCUT2D eigenvalue weighted by Gasteiger charge is 2.50. The zero-order chi connectivity index (χ0) is 16.2. The second-order valence-corrected chi connectivity index (χ2v) is 8.07. The number of rotatable bonds is 2. The molecule has 0 amide bonds. The van der Waals surface area contributed by atoms with Gasteiger partial charge in [-0.2, -0.15) is 13.2 Å². The van der Waals surface area contributed by atoms with Crippen LogP contribution in [0.3, 0.4) is 0 Å². The van der Waals surface area contributed by atoms with Gasteiger partial charge < -0.3 is 4.55 Å². The van der Waals surface area contributed by atoms with Gasteiger partial charge in [-0.05, 0) is 6.92 Å². The van der Waals surface area contributed by atoms with Gasteiger partial charge >= 0.3 is 14.4 Å². The van der Waals surface area contributed by atoms with Crippen molar-refractivity contribution < 1.29 is 39.4 Å². The van der Waals surface area contributed by atoms with Gasteiger partial charge in [0.25, 0.3) is 0 Å². The predicted octanol–water partition coefficient (Wildman–Crippen LogP) is 1.19. The van der Waals surface area contributed by atoms with Crippen LogP contribution in [0.15, 0.2) is 24.3 Å². The van der Waals surface area contributed by atoms with Gasteiger partial charge in [0.1, 0.15) is 6.29 Å². The molecule has 1 aromatic rings. The van der Waals surface area contributed by atoms with Gasteiger partial charge in [0.2, 0.25) is 9.15 Å². The van der Waals surface area contributed by atoms with E-state index in [1.54, 1.807) is 0 Å². The summed E-state index contributed by atoms with van der Waals surface area (Å²) in [5.74, 6) is 0. The Morgan fingerprint density at radius 1 is 1.05 bits per heavy atom. The lowest BCUT2D eigenvalue weighted by Crippen LogP contribution is -2.30. The normalized spacial score (nSPS) is 12.2. The van der Waals surface area contributed by atoms with Gasteiger partial charge in [0.15, 0.2) is 0 Å². The van der Waals surface area contributed by atoms with Crippen LogP contribution in [0.5, 0.6) is 0 Å². The first-order chi connectivity index (χ1) is 8.83. The number of hydrogen-bond donors (Lipinski definition) is 0. The SMILES string of the molecule is Cc1ccc(C=O)cc1.O=S(=O)([O-])S(=O)(=O)C(F)(F)F. The van der Waals surface area contributed by atoms with Gasteiger partial charge in [-0.3, -0.25) is 4.79 Å². The summed E-state index contributed by atoms with van der Waals surface area (Å²) in [6, 6.07) is 7.46. The number of halogens is 3. The zero-order valence-electron chi connectivity index (χ0n) is 9.79. The van der Waals surface area contributed by atoms with Crippen molar-refractivity contribution in [3.8, 4) is 0 Å². The molecule has 0 aliphatic carbocycles.